The van der Waals surface area contributed by atoms with Crippen molar-refractivity contribution in [2.45, 2.75) is 6.54 Å². The van der Waals surface area contributed by atoms with Crippen molar-refractivity contribution in [3.05, 3.63) is 84.4 Å². The van der Waals surface area contributed by atoms with Gasteiger partial charge in [-0.2, -0.15) is 0 Å². The van der Waals surface area contributed by atoms with Gasteiger partial charge >= 0.3 is 0 Å². The zero-order valence-electron chi connectivity index (χ0n) is 15.2. The van der Waals surface area contributed by atoms with Crippen LogP contribution in [0.3, 0.4) is 0 Å². The summed E-state index contributed by atoms with van der Waals surface area (Å²) in [5, 5.41) is 2.85. The number of carbonyl (C=O) groups excluding carboxylic acids is 1. The average Bonchev–Trinajstić information content (AvgIpc) is 3.44. The minimum Gasteiger partial charge on any atom is -0.497 e. The first-order chi connectivity index (χ1) is 13.7. The van der Waals surface area contributed by atoms with Crippen LogP contribution in [0.1, 0.15) is 16.1 Å². The van der Waals surface area contributed by atoms with E-state index in [1.165, 1.54) is 0 Å². The van der Waals surface area contributed by atoms with Gasteiger partial charge in [0.15, 0.2) is 5.76 Å². The van der Waals surface area contributed by atoms with E-state index in [1.54, 1.807) is 43.8 Å². The van der Waals surface area contributed by atoms with Gasteiger partial charge in [0, 0.05) is 11.1 Å². The number of hydrogen-bond acceptors (Lipinski definition) is 5. The highest BCUT2D eigenvalue weighted by molar-refractivity contribution is 6.00. The first-order valence-corrected chi connectivity index (χ1v) is 8.75. The molecule has 4 rings (SSSR count). The number of carbonyl (C=O) groups is 1. The van der Waals surface area contributed by atoms with Gasteiger partial charge in [-0.3, -0.25) is 4.79 Å². The Balaban J connectivity index is 1.60. The maximum absolute atomic E-state index is 12.7. The lowest BCUT2D eigenvalue weighted by atomic mass is 10.1. The van der Waals surface area contributed by atoms with Crippen molar-refractivity contribution in [3.8, 4) is 28.5 Å². The number of benzene rings is 2. The summed E-state index contributed by atoms with van der Waals surface area (Å²) in [4.78, 5) is 17.0. The van der Waals surface area contributed by atoms with Gasteiger partial charge in [0.05, 0.1) is 31.7 Å². The third-order valence-corrected chi connectivity index (χ3v) is 4.27. The van der Waals surface area contributed by atoms with Crippen molar-refractivity contribution in [2.75, 3.05) is 7.11 Å². The molecule has 0 aliphatic heterocycles. The lowest BCUT2D eigenvalue weighted by Crippen LogP contribution is -2.23. The number of aromatic nitrogens is 1. The van der Waals surface area contributed by atoms with Crippen LogP contribution in [0, 0.1) is 0 Å². The highest BCUT2D eigenvalue weighted by atomic mass is 16.5. The van der Waals surface area contributed by atoms with Crippen LogP contribution < -0.4 is 10.1 Å². The maximum Gasteiger partial charge on any atom is 0.252 e. The highest BCUT2D eigenvalue weighted by Gasteiger charge is 2.17. The van der Waals surface area contributed by atoms with Crippen LogP contribution in [0.25, 0.3) is 22.8 Å². The molecule has 0 atom stereocenters. The number of methoxy groups -OCH3 is 1. The topological polar surface area (TPSA) is 77.5 Å². The number of rotatable bonds is 6. The van der Waals surface area contributed by atoms with Crippen LogP contribution in [-0.2, 0) is 6.54 Å². The largest absolute Gasteiger partial charge is 0.497 e. The number of oxazole rings is 1. The number of nitrogens with zero attached hydrogens (tertiary/aromatic N) is 1. The summed E-state index contributed by atoms with van der Waals surface area (Å²) in [5.41, 5.74) is 1.94. The predicted molar refractivity (Wildman–Crippen MR) is 104 cm³/mol. The third-order valence-electron chi connectivity index (χ3n) is 4.27. The Labute approximate surface area is 161 Å². The summed E-state index contributed by atoms with van der Waals surface area (Å²) in [6, 6.07) is 18.3. The molecular weight excluding hydrogens is 356 g/mol. The predicted octanol–water partition coefficient (Wildman–Crippen LogP) is 4.54. The van der Waals surface area contributed by atoms with E-state index in [9.17, 15) is 4.79 Å². The van der Waals surface area contributed by atoms with E-state index in [-0.39, 0.29) is 5.91 Å². The van der Waals surface area contributed by atoms with Crippen molar-refractivity contribution in [2.24, 2.45) is 0 Å². The van der Waals surface area contributed by atoms with Gasteiger partial charge in [0.1, 0.15) is 11.5 Å². The normalized spacial score (nSPS) is 10.6. The fourth-order valence-electron chi connectivity index (χ4n) is 2.85. The molecule has 0 aliphatic rings. The molecule has 0 saturated carbocycles. The molecule has 0 saturated heterocycles. The van der Waals surface area contributed by atoms with Crippen LogP contribution in [0.2, 0.25) is 0 Å². The molecule has 1 amide bonds. The Bertz CT molecular complexity index is 1080. The van der Waals surface area contributed by atoms with Crippen molar-refractivity contribution >= 4 is 5.91 Å². The number of nitrogens with one attached hydrogen (secondary N) is 1. The Kier molecular flexibility index (Phi) is 4.93. The smallest absolute Gasteiger partial charge is 0.252 e. The molecule has 0 spiro atoms. The summed E-state index contributed by atoms with van der Waals surface area (Å²) < 4.78 is 16.4. The SMILES string of the molecule is COc1cccc(-c2cnc(-c3ccccc3C(=O)NCc3ccco3)o2)c1. The highest BCUT2D eigenvalue weighted by Crippen LogP contribution is 2.29. The second-order valence-electron chi connectivity index (χ2n) is 6.07. The van der Waals surface area contributed by atoms with Crippen molar-refractivity contribution in [1.29, 1.82) is 0 Å². The molecule has 6 heteroatoms. The fourth-order valence-corrected chi connectivity index (χ4v) is 2.85. The van der Waals surface area contributed by atoms with Crippen LogP contribution in [0.5, 0.6) is 5.75 Å². The summed E-state index contributed by atoms with van der Waals surface area (Å²) in [6.45, 7) is 0.306. The second-order valence-corrected chi connectivity index (χ2v) is 6.07. The van der Waals surface area contributed by atoms with Crippen LogP contribution in [0.15, 0.2) is 82.0 Å². The molecule has 2 aromatic carbocycles. The van der Waals surface area contributed by atoms with Crippen LogP contribution in [0.4, 0.5) is 0 Å². The lowest BCUT2D eigenvalue weighted by molar-refractivity contribution is 0.0948. The van der Waals surface area contributed by atoms with E-state index in [2.05, 4.69) is 10.3 Å². The molecule has 2 aromatic heterocycles. The molecular formula is C22H18N2O4. The van der Waals surface area contributed by atoms with E-state index in [1.807, 2.05) is 36.4 Å². The maximum atomic E-state index is 12.7. The molecule has 0 unspecified atom stereocenters. The zero-order chi connectivity index (χ0) is 19.3. The molecule has 28 heavy (non-hydrogen) atoms. The Morgan fingerprint density at radius 3 is 2.82 bits per heavy atom. The zero-order valence-corrected chi connectivity index (χ0v) is 15.2. The van der Waals surface area contributed by atoms with E-state index in [4.69, 9.17) is 13.6 Å². The lowest BCUT2D eigenvalue weighted by Gasteiger charge is -2.07. The third kappa shape index (κ3) is 3.66. The van der Waals surface area contributed by atoms with E-state index >= 15 is 0 Å². The van der Waals surface area contributed by atoms with E-state index < -0.39 is 0 Å². The standard InChI is InChI=1S/C22H18N2O4/c1-26-16-7-4-6-15(12-16)20-14-24-22(28-20)19-10-3-2-9-18(19)21(25)23-13-17-8-5-11-27-17/h2-12,14H,13H2,1H3,(H,23,25). The van der Waals surface area contributed by atoms with Gasteiger partial charge in [-0.15, -0.1) is 0 Å². The average molecular weight is 374 g/mol. The quantitative estimate of drug-likeness (QED) is 0.536. The summed E-state index contributed by atoms with van der Waals surface area (Å²) in [5.74, 6) is 2.16. The molecule has 4 aromatic rings. The molecule has 0 radical (unpaired) electrons. The van der Waals surface area contributed by atoms with E-state index in [0.717, 1.165) is 11.3 Å². The van der Waals surface area contributed by atoms with Crippen molar-refractivity contribution < 1.29 is 18.4 Å². The Morgan fingerprint density at radius 1 is 1.11 bits per heavy atom. The van der Waals surface area contributed by atoms with Gasteiger partial charge in [0.2, 0.25) is 5.89 Å². The van der Waals surface area contributed by atoms with Crippen molar-refractivity contribution in [1.82, 2.24) is 10.3 Å². The molecule has 2 heterocycles. The van der Waals surface area contributed by atoms with Crippen LogP contribution in [-0.4, -0.2) is 18.0 Å². The number of amides is 1. The van der Waals surface area contributed by atoms with Gasteiger partial charge in [-0.05, 0) is 36.4 Å². The number of ether oxygens (including phenoxy) is 1. The first kappa shape index (κ1) is 17.6. The Morgan fingerprint density at radius 2 is 2.00 bits per heavy atom. The second kappa shape index (κ2) is 7.84. The molecule has 0 bridgehead atoms. The van der Waals surface area contributed by atoms with Crippen LogP contribution >= 0.6 is 0 Å². The summed E-state index contributed by atoms with van der Waals surface area (Å²) >= 11 is 0. The summed E-state index contributed by atoms with van der Waals surface area (Å²) in [7, 11) is 1.61. The van der Waals surface area contributed by atoms with Gasteiger partial charge in [-0.1, -0.05) is 24.3 Å². The molecule has 140 valence electrons. The number of furan rings is 1. The summed E-state index contributed by atoms with van der Waals surface area (Å²) in [6.07, 6.45) is 3.21. The van der Waals surface area contributed by atoms with Gasteiger partial charge < -0.3 is 18.9 Å². The minimum absolute atomic E-state index is 0.229. The van der Waals surface area contributed by atoms with Gasteiger partial charge in [-0.25, -0.2) is 4.98 Å². The fraction of sp³-hybridized carbons (Fsp3) is 0.0909. The molecule has 0 fully saturated rings. The number of hydrogen-bond donors (Lipinski definition) is 1. The van der Waals surface area contributed by atoms with Gasteiger partial charge in [0.25, 0.3) is 5.91 Å². The monoisotopic (exact) mass is 374 g/mol. The first-order valence-electron chi connectivity index (χ1n) is 8.75. The minimum atomic E-state index is -0.229. The van der Waals surface area contributed by atoms with Crippen molar-refractivity contribution in [3.63, 3.8) is 0 Å². The Hall–Kier alpha value is -3.80. The molecule has 0 aliphatic carbocycles. The molecule has 1 N–H and O–H groups in total. The molecule has 6 nitrogen and oxygen atoms in total. The van der Waals surface area contributed by atoms with E-state index in [0.29, 0.717) is 35.1 Å².